The van der Waals surface area contributed by atoms with Crippen molar-refractivity contribution >= 4 is 41.9 Å². The van der Waals surface area contributed by atoms with E-state index in [4.69, 9.17) is 11.6 Å². The minimum Gasteiger partial charge on any atom is -0.364 e. The Bertz CT molecular complexity index is 658. The number of hydrogen-bond donors (Lipinski definition) is 1. The van der Waals surface area contributed by atoms with Crippen LogP contribution in [-0.4, -0.2) is 35.4 Å². The number of halogens is 1. The summed E-state index contributed by atoms with van der Waals surface area (Å²) in [4.78, 5) is 14.9. The molecule has 1 heterocycles. The Morgan fingerprint density at radius 1 is 1.57 bits per heavy atom. The van der Waals surface area contributed by atoms with Crippen molar-refractivity contribution in [1.29, 1.82) is 0 Å². The molecule has 0 aliphatic carbocycles. The van der Waals surface area contributed by atoms with Crippen LogP contribution in [0.5, 0.6) is 0 Å². The van der Waals surface area contributed by atoms with Crippen molar-refractivity contribution in [2.75, 3.05) is 17.7 Å². The fraction of sp³-hybridized carbons (Fsp3) is 0.278. The van der Waals surface area contributed by atoms with E-state index in [0.29, 0.717) is 12.2 Å². The lowest BCUT2D eigenvalue weighted by Gasteiger charge is -2.28. The van der Waals surface area contributed by atoms with Crippen molar-refractivity contribution in [3.8, 4) is 0 Å². The minimum atomic E-state index is -0.307. The first-order valence-electron chi connectivity index (χ1n) is 7.29. The molecule has 1 unspecified atom stereocenters. The summed E-state index contributed by atoms with van der Waals surface area (Å²) < 4.78 is 0. The van der Waals surface area contributed by atoms with E-state index in [1.807, 2.05) is 41.1 Å². The number of allylic oxidation sites excluding steroid dienone is 2. The van der Waals surface area contributed by atoms with Crippen LogP contribution in [0, 0.1) is 0 Å². The van der Waals surface area contributed by atoms with Crippen LogP contribution in [0.1, 0.15) is 12.0 Å². The van der Waals surface area contributed by atoms with Gasteiger partial charge in [0.2, 0.25) is 0 Å². The number of hydrogen-bond acceptors (Lipinski definition) is 4. The summed E-state index contributed by atoms with van der Waals surface area (Å²) in [5.74, 6) is 0.437. The highest BCUT2D eigenvalue weighted by molar-refractivity contribution is 7.80. The molecule has 122 valence electrons. The van der Waals surface area contributed by atoms with Crippen molar-refractivity contribution in [3.05, 3.63) is 61.0 Å². The van der Waals surface area contributed by atoms with Gasteiger partial charge in [-0.1, -0.05) is 31.9 Å². The quantitative estimate of drug-likeness (QED) is 0.478. The lowest BCUT2D eigenvalue weighted by atomic mass is 10.1. The van der Waals surface area contributed by atoms with Gasteiger partial charge in [0.05, 0.1) is 11.4 Å². The molecule has 0 saturated carbocycles. The topological polar surface area (TPSA) is 23.6 Å². The summed E-state index contributed by atoms with van der Waals surface area (Å²) in [5.41, 5.74) is 4.39. The van der Waals surface area contributed by atoms with Gasteiger partial charge in [-0.15, -0.1) is 11.6 Å². The number of anilines is 1. The molecule has 1 saturated heterocycles. The largest absolute Gasteiger partial charge is 0.364 e. The molecule has 0 bridgehead atoms. The molecule has 0 aromatic heterocycles. The molecule has 3 nitrogen and oxygen atoms in total. The summed E-state index contributed by atoms with van der Waals surface area (Å²) in [6, 6.07) is 7.59. The molecule has 2 atom stereocenters. The molecule has 1 aromatic carbocycles. The predicted molar refractivity (Wildman–Crippen MR) is 102 cm³/mol. The standard InChI is InChI=1S/C18H21ClN2OS/c1-12-8-18(19)14(3)21(12)16-7-5-6-15(9-16)13(2)20(4)17(10-22)11-23/h5-7,9-10,17-18,23H,1-3,8,11H2,4H3/t17-,18?/m1/s1. The molecule has 0 spiro atoms. The van der Waals surface area contributed by atoms with Crippen molar-refractivity contribution in [2.45, 2.75) is 17.8 Å². The van der Waals surface area contributed by atoms with Crippen LogP contribution in [0.25, 0.3) is 5.70 Å². The van der Waals surface area contributed by atoms with Gasteiger partial charge in [0.25, 0.3) is 0 Å². The molecule has 1 fully saturated rings. The second kappa shape index (κ2) is 7.28. The van der Waals surface area contributed by atoms with Crippen LogP contribution in [0.15, 0.2) is 55.4 Å². The smallest absolute Gasteiger partial charge is 0.143 e. The van der Waals surface area contributed by atoms with Gasteiger partial charge in [-0.05, 0) is 17.7 Å². The van der Waals surface area contributed by atoms with Crippen molar-refractivity contribution in [1.82, 2.24) is 4.90 Å². The number of carbonyl (C=O) groups excluding carboxylic acids is 1. The second-order valence-electron chi connectivity index (χ2n) is 5.56. The van der Waals surface area contributed by atoms with Crippen LogP contribution in [0.4, 0.5) is 5.69 Å². The molecule has 1 aliphatic rings. The number of rotatable bonds is 6. The fourth-order valence-electron chi connectivity index (χ4n) is 2.59. The van der Waals surface area contributed by atoms with Crippen molar-refractivity contribution in [2.24, 2.45) is 0 Å². The molecular formula is C18H21ClN2OS. The first-order chi connectivity index (χ1) is 10.9. The zero-order chi connectivity index (χ0) is 17.1. The van der Waals surface area contributed by atoms with E-state index in [1.165, 1.54) is 0 Å². The van der Waals surface area contributed by atoms with E-state index in [0.717, 1.165) is 34.6 Å². The van der Waals surface area contributed by atoms with Crippen LogP contribution in [0.3, 0.4) is 0 Å². The van der Waals surface area contributed by atoms with Crippen LogP contribution < -0.4 is 4.90 Å². The van der Waals surface area contributed by atoms with Gasteiger partial charge >= 0.3 is 0 Å². The van der Waals surface area contributed by atoms with Crippen LogP contribution in [0.2, 0.25) is 0 Å². The van der Waals surface area contributed by atoms with Gasteiger partial charge < -0.3 is 14.6 Å². The van der Waals surface area contributed by atoms with Crippen LogP contribution >= 0.6 is 24.2 Å². The molecule has 23 heavy (non-hydrogen) atoms. The van der Waals surface area contributed by atoms with Gasteiger partial charge in [-0.25, -0.2) is 0 Å². The highest BCUT2D eigenvalue weighted by Crippen LogP contribution is 2.37. The maximum Gasteiger partial charge on any atom is 0.143 e. The monoisotopic (exact) mass is 348 g/mol. The second-order valence-corrected chi connectivity index (χ2v) is 6.45. The molecule has 5 heteroatoms. The first kappa shape index (κ1) is 17.7. The number of carbonyl (C=O) groups is 1. The fourth-order valence-corrected chi connectivity index (χ4v) is 3.20. The third-order valence-electron chi connectivity index (χ3n) is 4.08. The highest BCUT2D eigenvalue weighted by Gasteiger charge is 2.29. The third kappa shape index (κ3) is 3.48. The zero-order valence-corrected chi connectivity index (χ0v) is 14.9. The Morgan fingerprint density at radius 2 is 2.26 bits per heavy atom. The van der Waals surface area contributed by atoms with Gasteiger partial charge in [0, 0.05) is 42.0 Å². The maximum absolute atomic E-state index is 11.1. The number of benzene rings is 1. The summed E-state index contributed by atoms with van der Waals surface area (Å²) >= 11 is 10.5. The van der Waals surface area contributed by atoms with E-state index in [-0.39, 0.29) is 11.4 Å². The third-order valence-corrected chi connectivity index (χ3v) is 4.87. The van der Waals surface area contributed by atoms with Crippen LogP contribution in [-0.2, 0) is 4.79 Å². The Kier molecular flexibility index (Phi) is 5.60. The molecular weight excluding hydrogens is 328 g/mol. The van der Waals surface area contributed by atoms with E-state index >= 15 is 0 Å². The number of alkyl halides is 1. The SMILES string of the molecule is C=C1CC(Cl)C(=C)N1c1cccc(C(=C)N(C)[C@H](C=O)CS)c1. The molecule has 0 N–H and O–H groups in total. The molecule has 0 radical (unpaired) electrons. The molecule has 1 aromatic rings. The normalized spacial score (nSPS) is 18.9. The highest BCUT2D eigenvalue weighted by atomic mass is 35.5. The lowest BCUT2D eigenvalue weighted by molar-refractivity contribution is -0.110. The number of aldehydes is 1. The van der Waals surface area contributed by atoms with Crippen molar-refractivity contribution in [3.63, 3.8) is 0 Å². The van der Waals surface area contributed by atoms with E-state index in [1.54, 1.807) is 0 Å². The van der Waals surface area contributed by atoms with Gasteiger partial charge in [-0.3, -0.25) is 0 Å². The minimum absolute atomic E-state index is 0.124. The first-order valence-corrected chi connectivity index (χ1v) is 8.36. The lowest BCUT2D eigenvalue weighted by Crippen LogP contribution is -2.32. The average molecular weight is 349 g/mol. The maximum atomic E-state index is 11.1. The Balaban J connectivity index is 2.30. The van der Waals surface area contributed by atoms with Gasteiger partial charge in [-0.2, -0.15) is 12.6 Å². The van der Waals surface area contributed by atoms with Crippen molar-refractivity contribution < 1.29 is 4.79 Å². The molecule has 0 amide bonds. The summed E-state index contributed by atoms with van der Waals surface area (Å²) in [6.07, 6.45) is 1.57. The Labute approximate surface area is 148 Å². The average Bonchev–Trinajstić information content (AvgIpc) is 2.80. The predicted octanol–water partition coefficient (Wildman–Crippen LogP) is 3.93. The molecule has 1 aliphatic heterocycles. The summed E-state index contributed by atoms with van der Waals surface area (Å²) in [7, 11) is 1.84. The zero-order valence-electron chi connectivity index (χ0n) is 13.2. The molecule has 2 rings (SSSR count). The Hall–Kier alpha value is -1.65. The number of likely N-dealkylation sites (N-methyl/N-ethyl adjacent to an activating group) is 1. The summed E-state index contributed by atoms with van der Waals surface area (Å²) in [5, 5.41) is -0.124. The van der Waals surface area contributed by atoms with Gasteiger partial charge in [0.15, 0.2) is 0 Å². The van der Waals surface area contributed by atoms with Gasteiger partial charge in [0.1, 0.15) is 6.29 Å². The number of thiol groups is 1. The number of nitrogens with zero attached hydrogens (tertiary/aromatic N) is 2. The van der Waals surface area contributed by atoms with E-state index in [2.05, 4.69) is 32.4 Å². The van der Waals surface area contributed by atoms with E-state index < -0.39 is 0 Å². The Morgan fingerprint density at radius 3 is 2.78 bits per heavy atom. The van der Waals surface area contributed by atoms with E-state index in [9.17, 15) is 4.79 Å². The summed E-state index contributed by atoms with van der Waals surface area (Å²) in [6.45, 7) is 12.2.